The van der Waals surface area contributed by atoms with Gasteiger partial charge in [-0.25, -0.2) is 5.32 Å². The molecule has 1 heterocycles. The lowest BCUT2D eigenvalue weighted by Gasteiger charge is -1.99. The molecule has 1 fully saturated rings. The van der Waals surface area contributed by atoms with E-state index in [9.17, 15) is 0 Å². The van der Waals surface area contributed by atoms with Crippen molar-refractivity contribution in [1.29, 1.82) is 0 Å². The van der Waals surface area contributed by atoms with Crippen LogP contribution >= 0.6 is 11.6 Å². The molecule has 1 aliphatic heterocycles. The molecule has 0 aliphatic carbocycles. The lowest BCUT2D eigenvalue weighted by atomic mass is 10.1. The van der Waals surface area contributed by atoms with Gasteiger partial charge in [0.25, 0.3) is 0 Å². The fraction of sp³-hybridized carbons (Fsp3) is 1.00. The third kappa shape index (κ3) is 1.34. The molecule has 1 saturated heterocycles. The fourth-order valence-corrected chi connectivity index (χ4v) is 1.19. The first-order valence-corrected chi connectivity index (χ1v) is 3.27. The lowest BCUT2D eigenvalue weighted by Crippen LogP contribution is -2.14. The van der Waals surface area contributed by atoms with Crippen LogP contribution in [0.1, 0.15) is 6.42 Å². The van der Waals surface area contributed by atoms with E-state index in [-0.39, 0.29) is 5.50 Å². The van der Waals surface area contributed by atoms with E-state index < -0.39 is 0 Å². The van der Waals surface area contributed by atoms with Gasteiger partial charge in [0, 0.05) is 6.54 Å². The first-order valence-electron chi connectivity index (χ1n) is 2.83. The smallest absolute Gasteiger partial charge is 0.0988 e. The molecule has 0 spiro atoms. The Morgan fingerprint density at radius 3 is 2.75 bits per heavy atom. The number of alkyl halides is 1. The molecular weight excluding hydrogens is 124 g/mol. The van der Waals surface area contributed by atoms with E-state index >= 15 is 0 Å². The molecule has 0 amide bonds. The number of nitrogens with two attached hydrogens (primary N) is 1. The molecule has 0 aromatic carbocycles. The molecule has 0 aromatic rings. The third-order valence-corrected chi connectivity index (χ3v) is 1.74. The van der Waals surface area contributed by atoms with Gasteiger partial charge in [-0.3, -0.25) is 0 Å². The minimum atomic E-state index is 0.0450. The average Bonchev–Trinajstić information content (AvgIpc) is 2.14. The lowest BCUT2D eigenvalue weighted by molar-refractivity contribution is 0.592. The van der Waals surface area contributed by atoms with Crippen molar-refractivity contribution in [3.63, 3.8) is 0 Å². The second-order valence-corrected chi connectivity index (χ2v) is 2.64. The molecule has 1 aliphatic rings. The van der Waals surface area contributed by atoms with Crippen molar-refractivity contribution in [3.05, 3.63) is 0 Å². The summed E-state index contributed by atoms with van der Waals surface area (Å²) >= 11 is 5.66. The topological polar surface area (TPSA) is 40.1 Å². The molecule has 2 N–H and O–H groups in total. The van der Waals surface area contributed by atoms with Gasteiger partial charge in [0.15, 0.2) is 0 Å². The molecule has 8 heavy (non-hydrogen) atoms. The molecule has 3 heteroatoms. The zero-order chi connectivity index (χ0) is 5.98. The van der Waals surface area contributed by atoms with Crippen molar-refractivity contribution in [3.8, 4) is 0 Å². The predicted octanol–water partition coefficient (Wildman–Crippen LogP) is 0.134. The molecule has 2 atom stereocenters. The standard InChI is InChI=1S/C5H10ClN2/c6-5-1-4(2-7)3-8-5/h4-5H,1-3,7H2. The summed E-state index contributed by atoms with van der Waals surface area (Å²) in [7, 11) is 0. The highest BCUT2D eigenvalue weighted by atomic mass is 35.5. The van der Waals surface area contributed by atoms with Crippen LogP contribution in [0.5, 0.6) is 0 Å². The zero-order valence-corrected chi connectivity index (χ0v) is 5.43. The molecule has 0 aromatic heterocycles. The van der Waals surface area contributed by atoms with Gasteiger partial charge in [0.2, 0.25) is 0 Å². The minimum Gasteiger partial charge on any atom is -0.330 e. The van der Waals surface area contributed by atoms with Gasteiger partial charge < -0.3 is 5.73 Å². The van der Waals surface area contributed by atoms with Crippen LogP contribution in [0.25, 0.3) is 0 Å². The highest BCUT2D eigenvalue weighted by molar-refractivity contribution is 6.20. The maximum absolute atomic E-state index is 5.66. The second-order valence-electron chi connectivity index (χ2n) is 2.14. The summed E-state index contributed by atoms with van der Waals surface area (Å²) in [4.78, 5) is 0. The SMILES string of the molecule is NCC1C[N]C(Cl)C1. The second kappa shape index (κ2) is 2.67. The van der Waals surface area contributed by atoms with Gasteiger partial charge in [0.05, 0.1) is 5.50 Å². The number of hydrogen-bond acceptors (Lipinski definition) is 1. The summed E-state index contributed by atoms with van der Waals surface area (Å²) in [5.41, 5.74) is 5.42. The van der Waals surface area contributed by atoms with Crippen LogP contribution in [0.2, 0.25) is 0 Å². The maximum atomic E-state index is 5.66. The Balaban J connectivity index is 2.22. The Kier molecular flexibility index (Phi) is 2.11. The Bertz CT molecular complexity index is 76.8. The first kappa shape index (κ1) is 6.33. The summed E-state index contributed by atoms with van der Waals surface area (Å²) in [6, 6.07) is 0. The first-order chi connectivity index (χ1) is 3.83. The Hall–Kier alpha value is 0.210. The number of halogens is 1. The molecule has 47 valence electrons. The predicted molar refractivity (Wildman–Crippen MR) is 33.8 cm³/mol. The van der Waals surface area contributed by atoms with Gasteiger partial charge in [0.1, 0.15) is 0 Å². The van der Waals surface area contributed by atoms with Crippen molar-refractivity contribution >= 4 is 11.6 Å². The molecule has 2 unspecified atom stereocenters. The minimum absolute atomic E-state index is 0.0450. The summed E-state index contributed by atoms with van der Waals surface area (Å²) in [5, 5.41) is 4.07. The van der Waals surface area contributed by atoms with Gasteiger partial charge in [-0.15, -0.1) is 11.6 Å². The fourth-order valence-electron chi connectivity index (χ4n) is 0.858. The monoisotopic (exact) mass is 133 g/mol. The highest BCUT2D eigenvalue weighted by Crippen LogP contribution is 2.16. The normalized spacial score (nSPS) is 38.2. The Morgan fingerprint density at radius 2 is 2.50 bits per heavy atom. The van der Waals surface area contributed by atoms with E-state index in [2.05, 4.69) is 5.32 Å². The summed E-state index contributed by atoms with van der Waals surface area (Å²) in [6.07, 6.45) is 0.970. The largest absolute Gasteiger partial charge is 0.330 e. The molecule has 1 radical (unpaired) electrons. The highest BCUT2D eigenvalue weighted by Gasteiger charge is 2.21. The van der Waals surface area contributed by atoms with Crippen LogP contribution in [0, 0.1) is 5.92 Å². The van der Waals surface area contributed by atoms with E-state index in [0.29, 0.717) is 5.92 Å². The van der Waals surface area contributed by atoms with Crippen LogP contribution in [0.4, 0.5) is 0 Å². The average molecular weight is 134 g/mol. The van der Waals surface area contributed by atoms with Crippen molar-refractivity contribution < 1.29 is 0 Å². The molecule has 1 rings (SSSR count). The van der Waals surface area contributed by atoms with E-state index in [1.807, 2.05) is 0 Å². The molecule has 0 saturated carbocycles. The van der Waals surface area contributed by atoms with Crippen molar-refractivity contribution in [2.75, 3.05) is 13.1 Å². The van der Waals surface area contributed by atoms with Gasteiger partial charge in [-0.05, 0) is 18.9 Å². The van der Waals surface area contributed by atoms with Crippen LogP contribution in [0.15, 0.2) is 0 Å². The molecule has 2 nitrogen and oxygen atoms in total. The van der Waals surface area contributed by atoms with Gasteiger partial charge in [-0.2, -0.15) is 0 Å². The van der Waals surface area contributed by atoms with Crippen molar-refractivity contribution in [2.24, 2.45) is 11.7 Å². The quantitative estimate of drug-likeness (QED) is 0.401. The van der Waals surface area contributed by atoms with E-state index in [4.69, 9.17) is 17.3 Å². The number of hydrogen-bond donors (Lipinski definition) is 1. The van der Waals surface area contributed by atoms with Gasteiger partial charge in [-0.1, -0.05) is 0 Å². The Labute approximate surface area is 54.4 Å². The van der Waals surface area contributed by atoms with Gasteiger partial charge >= 0.3 is 0 Å². The number of nitrogens with zero attached hydrogens (tertiary/aromatic N) is 1. The summed E-state index contributed by atoms with van der Waals surface area (Å²) < 4.78 is 0. The molecule has 0 bridgehead atoms. The zero-order valence-electron chi connectivity index (χ0n) is 4.68. The van der Waals surface area contributed by atoms with Crippen LogP contribution < -0.4 is 11.1 Å². The van der Waals surface area contributed by atoms with Crippen molar-refractivity contribution in [1.82, 2.24) is 5.32 Å². The van der Waals surface area contributed by atoms with Crippen molar-refractivity contribution in [2.45, 2.75) is 11.9 Å². The van der Waals surface area contributed by atoms with Crippen LogP contribution in [-0.4, -0.2) is 18.6 Å². The van der Waals surface area contributed by atoms with E-state index in [1.165, 1.54) is 0 Å². The third-order valence-electron chi connectivity index (χ3n) is 1.42. The summed E-state index contributed by atoms with van der Waals surface area (Å²) in [5.74, 6) is 0.553. The summed E-state index contributed by atoms with van der Waals surface area (Å²) in [6.45, 7) is 1.59. The molecular formula is C5H10ClN2. The van der Waals surface area contributed by atoms with Crippen LogP contribution in [0.3, 0.4) is 0 Å². The van der Waals surface area contributed by atoms with Crippen LogP contribution in [-0.2, 0) is 0 Å². The van der Waals surface area contributed by atoms with E-state index in [0.717, 1.165) is 19.5 Å². The number of rotatable bonds is 1. The van der Waals surface area contributed by atoms with E-state index in [1.54, 1.807) is 0 Å². The Morgan fingerprint density at radius 1 is 1.75 bits per heavy atom. The maximum Gasteiger partial charge on any atom is 0.0988 e.